The molecule has 1 heterocycles. The van der Waals surface area contributed by atoms with E-state index in [-0.39, 0.29) is 17.4 Å². The monoisotopic (exact) mass is 558 g/mol. The zero-order valence-electron chi connectivity index (χ0n) is 12.7. The molecule has 0 spiro atoms. The Labute approximate surface area is 171 Å². The van der Waals surface area contributed by atoms with Gasteiger partial charge in [-0.2, -0.15) is 0 Å². The second kappa shape index (κ2) is 8.00. The van der Waals surface area contributed by atoms with E-state index >= 15 is 0 Å². The van der Waals surface area contributed by atoms with Crippen LogP contribution in [0.15, 0.2) is 64.2 Å². The first-order chi connectivity index (χ1) is 12.0. The molecule has 25 heavy (non-hydrogen) atoms. The Morgan fingerprint density at radius 2 is 2.00 bits per heavy atom. The summed E-state index contributed by atoms with van der Waals surface area (Å²) in [6.45, 7) is 0. The minimum absolute atomic E-state index is 0.201. The van der Waals surface area contributed by atoms with E-state index in [4.69, 9.17) is 4.42 Å². The highest BCUT2D eigenvalue weighted by molar-refractivity contribution is 14.1. The Bertz CT molecular complexity index is 937. The van der Waals surface area contributed by atoms with Crippen LogP contribution in [0.5, 0.6) is 5.75 Å². The van der Waals surface area contributed by atoms with Crippen molar-refractivity contribution in [1.29, 1.82) is 0 Å². The Balaban J connectivity index is 1.79. The number of carbonyl (C=O) groups is 1. The molecular weight excluding hydrogens is 546 g/mol. The fourth-order valence-corrected chi connectivity index (χ4v) is 3.98. The second-order valence-corrected chi connectivity index (χ2v) is 7.47. The molecule has 1 aromatic heterocycles. The maximum absolute atomic E-state index is 12.0. The van der Waals surface area contributed by atoms with E-state index in [1.807, 2.05) is 18.2 Å². The zero-order valence-corrected chi connectivity index (χ0v) is 17.1. The highest BCUT2D eigenvalue weighted by Crippen LogP contribution is 2.26. The number of anilines is 1. The van der Waals surface area contributed by atoms with E-state index in [1.54, 1.807) is 36.5 Å². The fourth-order valence-electron chi connectivity index (χ4n) is 2.09. The van der Waals surface area contributed by atoms with Crippen LogP contribution in [-0.2, 0) is 0 Å². The van der Waals surface area contributed by atoms with Gasteiger partial charge in [-0.1, -0.05) is 6.07 Å². The lowest BCUT2D eigenvalue weighted by Gasteiger charge is -2.05. The first-order valence-corrected chi connectivity index (χ1v) is 9.35. The van der Waals surface area contributed by atoms with Crippen LogP contribution in [0.3, 0.4) is 0 Å². The molecule has 5 nitrogen and oxygen atoms in total. The number of phenols is 1. The van der Waals surface area contributed by atoms with Gasteiger partial charge in [0.2, 0.25) is 0 Å². The average molecular weight is 558 g/mol. The Morgan fingerprint density at radius 3 is 2.76 bits per heavy atom. The maximum atomic E-state index is 12.0. The third kappa shape index (κ3) is 4.60. The molecule has 0 atom stereocenters. The molecule has 0 aliphatic rings. The molecule has 3 aromatic rings. The molecule has 0 radical (unpaired) electrons. The molecule has 7 heteroatoms. The molecule has 0 unspecified atom stereocenters. The van der Waals surface area contributed by atoms with Gasteiger partial charge in [-0.05, 0) is 87.6 Å². The topological polar surface area (TPSA) is 74.8 Å². The third-order valence-electron chi connectivity index (χ3n) is 3.26. The molecule has 3 rings (SSSR count). The molecule has 126 valence electrons. The van der Waals surface area contributed by atoms with Gasteiger partial charge in [-0.25, -0.2) is 0 Å². The number of nitrogens with zero attached hydrogens (tertiary/aromatic N) is 1. The number of carbonyl (C=O) groups excluding carboxylic acids is 1. The summed E-state index contributed by atoms with van der Waals surface area (Å²) in [7, 11) is 0. The van der Waals surface area contributed by atoms with E-state index < -0.39 is 0 Å². The van der Waals surface area contributed by atoms with Gasteiger partial charge >= 0.3 is 0 Å². The summed E-state index contributed by atoms with van der Waals surface area (Å²) >= 11 is 4.27. The smallest absolute Gasteiger partial charge is 0.291 e. The summed E-state index contributed by atoms with van der Waals surface area (Å²) in [5.41, 5.74) is 1.91. The van der Waals surface area contributed by atoms with Crippen LogP contribution in [0.1, 0.15) is 16.1 Å². The summed E-state index contributed by atoms with van der Waals surface area (Å²) in [5, 5.41) is 12.9. The van der Waals surface area contributed by atoms with Crippen molar-refractivity contribution in [3.05, 3.63) is 73.3 Å². The molecule has 0 saturated carbocycles. The van der Waals surface area contributed by atoms with Gasteiger partial charge < -0.3 is 14.8 Å². The lowest BCUT2D eigenvalue weighted by Crippen LogP contribution is -2.10. The van der Waals surface area contributed by atoms with Crippen molar-refractivity contribution in [1.82, 2.24) is 0 Å². The van der Waals surface area contributed by atoms with Gasteiger partial charge in [0, 0.05) is 21.0 Å². The van der Waals surface area contributed by atoms with Crippen LogP contribution < -0.4 is 5.32 Å². The van der Waals surface area contributed by atoms with Crippen molar-refractivity contribution in [3.63, 3.8) is 0 Å². The van der Waals surface area contributed by atoms with Gasteiger partial charge in [0.15, 0.2) is 5.76 Å². The molecule has 0 aliphatic heterocycles. The first-order valence-electron chi connectivity index (χ1n) is 7.20. The SMILES string of the molecule is O=C(Nc1cccc(/N=C/c2cc(I)cc(I)c2O)c1)c1ccco1. The van der Waals surface area contributed by atoms with Crippen molar-refractivity contribution >= 4 is 68.7 Å². The van der Waals surface area contributed by atoms with Crippen molar-refractivity contribution in [2.24, 2.45) is 4.99 Å². The van der Waals surface area contributed by atoms with Crippen molar-refractivity contribution in [3.8, 4) is 5.75 Å². The highest BCUT2D eigenvalue weighted by Gasteiger charge is 2.09. The number of aliphatic imine (C=N–C) groups is 1. The largest absolute Gasteiger partial charge is 0.506 e. The van der Waals surface area contributed by atoms with Crippen molar-refractivity contribution < 1.29 is 14.3 Å². The number of phenolic OH excluding ortho intramolecular Hbond substituents is 1. The standard InChI is InChI=1S/C18H12I2N2O3/c19-12-7-11(17(23)15(20)8-12)10-21-13-3-1-4-14(9-13)22-18(24)16-5-2-6-25-16/h1-10,23H,(H,22,24)/b21-10+. The number of hydrogen-bond acceptors (Lipinski definition) is 4. The normalized spacial score (nSPS) is 11.0. The molecule has 2 aromatic carbocycles. The van der Waals surface area contributed by atoms with Gasteiger partial charge in [0.05, 0.1) is 15.5 Å². The molecule has 0 saturated heterocycles. The van der Waals surface area contributed by atoms with Gasteiger partial charge in [-0.3, -0.25) is 9.79 Å². The Hall–Kier alpha value is -1.88. The number of benzene rings is 2. The zero-order chi connectivity index (χ0) is 17.8. The maximum Gasteiger partial charge on any atom is 0.291 e. The van der Waals surface area contributed by atoms with E-state index in [9.17, 15) is 9.90 Å². The van der Waals surface area contributed by atoms with Crippen LogP contribution in [0.2, 0.25) is 0 Å². The average Bonchev–Trinajstić information content (AvgIpc) is 3.12. The molecule has 1 amide bonds. The van der Waals surface area contributed by atoms with Crippen LogP contribution >= 0.6 is 45.2 Å². The minimum Gasteiger partial charge on any atom is -0.506 e. The molecule has 0 aliphatic carbocycles. The Kier molecular flexibility index (Phi) is 5.74. The van der Waals surface area contributed by atoms with Crippen LogP contribution in [0.4, 0.5) is 11.4 Å². The quantitative estimate of drug-likeness (QED) is 0.342. The first kappa shape index (κ1) is 17.9. The van der Waals surface area contributed by atoms with Crippen molar-refractivity contribution in [2.75, 3.05) is 5.32 Å². The van der Waals surface area contributed by atoms with Gasteiger partial charge in [0.25, 0.3) is 5.91 Å². The number of halogens is 2. The summed E-state index contributed by atoms with van der Waals surface area (Å²) in [4.78, 5) is 16.4. The van der Waals surface area contributed by atoms with E-state index in [0.29, 0.717) is 16.9 Å². The summed E-state index contributed by atoms with van der Waals surface area (Å²) in [6.07, 6.45) is 3.05. The van der Waals surface area contributed by atoms with E-state index in [1.165, 1.54) is 6.26 Å². The molecule has 0 bridgehead atoms. The summed E-state index contributed by atoms with van der Waals surface area (Å²) < 4.78 is 6.85. The predicted molar refractivity (Wildman–Crippen MR) is 114 cm³/mol. The van der Waals surface area contributed by atoms with Crippen molar-refractivity contribution in [2.45, 2.75) is 0 Å². The number of nitrogens with one attached hydrogen (secondary N) is 1. The second-order valence-electron chi connectivity index (χ2n) is 5.07. The number of aromatic hydroxyl groups is 1. The van der Waals surface area contributed by atoms with Crippen LogP contribution in [0.25, 0.3) is 0 Å². The molecule has 2 N–H and O–H groups in total. The predicted octanol–water partition coefficient (Wildman–Crippen LogP) is 5.20. The Morgan fingerprint density at radius 1 is 1.16 bits per heavy atom. The molecule has 0 fully saturated rings. The third-order valence-corrected chi connectivity index (χ3v) is 4.70. The number of amides is 1. The fraction of sp³-hybridized carbons (Fsp3) is 0. The lowest BCUT2D eigenvalue weighted by atomic mass is 10.2. The summed E-state index contributed by atoms with van der Waals surface area (Å²) in [5.74, 6) is 0.121. The van der Waals surface area contributed by atoms with E-state index in [0.717, 1.165) is 7.14 Å². The lowest BCUT2D eigenvalue weighted by molar-refractivity contribution is 0.0996. The van der Waals surface area contributed by atoms with Gasteiger partial charge in [0.1, 0.15) is 5.75 Å². The van der Waals surface area contributed by atoms with Crippen LogP contribution in [-0.4, -0.2) is 17.2 Å². The molecular formula is C18H12I2N2O3. The minimum atomic E-state index is -0.323. The number of hydrogen-bond donors (Lipinski definition) is 2. The highest BCUT2D eigenvalue weighted by atomic mass is 127. The van der Waals surface area contributed by atoms with E-state index in [2.05, 4.69) is 55.5 Å². The summed E-state index contributed by atoms with van der Waals surface area (Å²) in [6, 6.07) is 14.1. The van der Waals surface area contributed by atoms with Gasteiger partial charge in [-0.15, -0.1) is 0 Å². The number of furan rings is 1. The van der Waals surface area contributed by atoms with Crippen LogP contribution in [0, 0.1) is 7.14 Å². The number of rotatable bonds is 4.